The SMILES string of the molecule is [2H]NC(CC(NC)C(=O)OC)C(=O)OC. The minimum Gasteiger partial charge on any atom is -0.468 e. The fourth-order valence-electron chi connectivity index (χ4n) is 0.948. The van der Waals surface area contributed by atoms with Crippen LogP contribution in [0.4, 0.5) is 0 Å². The summed E-state index contributed by atoms with van der Waals surface area (Å²) in [5.74, 6) is -1.07. The van der Waals surface area contributed by atoms with Gasteiger partial charge in [0.15, 0.2) is 0 Å². The van der Waals surface area contributed by atoms with Gasteiger partial charge in [-0.1, -0.05) is 0 Å². The van der Waals surface area contributed by atoms with Crippen LogP contribution in [0.1, 0.15) is 6.42 Å². The maximum Gasteiger partial charge on any atom is 0.322 e. The monoisotopic (exact) mass is 205 g/mol. The Bertz CT molecular complexity index is 203. The topological polar surface area (TPSA) is 90.6 Å². The first kappa shape index (κ1) is 10.9. The van der Waals surface area contributed by atoms with Crippen LogP contribution in [0.25, 0.3) is 0 Å². The van der Waals surface area contributed by atoms with Crippen LogP contribution in [0.3, 0.4) is 0 Å². The zero-order valence-electron chi connectivity index (χ0n) is 9.49. The Morgan fingerprint density at radius 1 is 1.43 bits per heavy atom. The largest absolute Gasteiger partial charge is 0.468 e. The van der Waals surface area contributed by atoms with Crippen LogP contribution in [-0.4, -0.2) is 45.3 Å². The molecule has 0 heterocycles. The summed E-state index contributed by atoms with van der Waals surface area (Å²) in [7, 11) is 4.05. The van der Waals surface area contributed by atoms with Crippen LogP contribution in [-0.2, 0) is 19.1 Å². The maximum atomic E-state index is 11.2. The average molecular weight is 205 g/mol. The van der Waals surface area contributed by atoms with Crippen molar-refractivity contribution in [1.82, 2.24) is 5.32 Å². The third-order valence-corrected chi connectivity index (χ3v) is 1.79. The highest BCUT2D eigenvalue weighted by molar-refractivity contribution is 5.79. The molecule has 82 valence electrons. The predicted octanol–water partition coefficient (Wildman–Crippen LogP) is -1.36. The Labute approximate surface area is 84.2 Å². The van der Waals surface area contributed by atoms with Crippen molar-refractivity contribution in [2.45, 2.75) is 18.5 Å². The molecule has 0 aromatic carbocycles. The highest BCUT2D eigenvalue weighted by Crippen LogP contribution is 1.99. The van der Waals surface area contributed by atoms with Crippen molar-refractivity contribution < 1.29 is 20.5 Å². The molecule has 0 aromatic rings. The minimum atomic E-state index is -0.855. The molecule has 0 spiro atoms. The lowest BCUT2D eigenvalue weighted by molar-refractivity contribution is -0.145. The molecule has 3 N–H and O–H groups in total. The van der Waals surface area contributed by atoms with Gasteiger partial charge in [0.1, 0.15) is 13.5 Å². The summed E-state index contributed by atoms with van der Waals surface area (Å²) in [6, 6.07) is -1.50. The highest BCUT2D eigenvalue weighted by Gasteiger charge is 2.24. The van der Waals surface area contributed by atoms with E-state index in [1.54, 1.807) is 7.05 Å². The molecule has 0 bridgehead atoms. The molecule has 0 amide bonds. The van der Waals surface area contributed by atoms with E-state index in [1.165, 1.54) is 14.2 Å². The number of hydrogen-bond donors (Lipinski definition) is 2. The summed E-state index contributed by atoms with van der Waals surface area (Å²) >= 11 is 0. The van der Waals surface area contributed by atoms with Crippen LogP contribution in [0.5, 0.6) is 0 Å². The zero-order chi connectivity index (χ0) is 11.8. The van der Waals surface area contributed by atoms with Crippen molar-refractivity contribution in [3.63, 3.8) is 0 Å². The van der Waals surface area contributed by atoms with Crippen LogP contribution in [0.2, 0.25) is 1.41 Å². The van der Waals surface area contributed by atoms with E-state index in [9.17, 15) is 9.59 Å². The predicted molar refractivity (Wildman–Crippen MR) is 49.5 cm³/mol. The van der Waals surface area contributed by atoms with Crippen molar-refractivity contribution in [1.29, 1.82) is 0 Å². The Morgan fingerprint density at radius 2 is 2.00 bits per heavy atom. The molecule has 0 saturated carbocycles. The smallest absolute Gasteiger partial charge is 0.322 e. The van der Waals surface area contributed by atoms with Gasteiger partial charge in [0, 0.05) is 0 Å². The second-order valence-corrected chi connectivity index (χ2v) is 2.68. The van der Waals surface area contributed by atoms with Gasteiger partial charge in [-0.25, -0.2) is 0 Å². The summed E-state index contributed by atoms with van der Waals surface area (Å²) in [6.07, 6.45) is 0.0966. The number of carbonyl (C=O) groups excluding carboxylic acids is 2. The van der Waals surface area contributed by atoms with Crippen molar-refractivity contribution in [3.8, 4) is 0 Å². The van der Waals surface area contributed by atoms with Crippen molar-refractivity contribution in [2.75, 3.05) is 21.3 Å². The number of nitrogens with one attached hydrogen (secondary N) is 1. The lowest BCUT2D eigenvalue weighted by Crippen LogP contribution is -2.43. The third-order valence-electron chi connectivity index (χ3n) is 1.79. The first-order chi connectivity index (χ1) is 7.10. The van der Waals surface area contributed by atoms with Gasteiger partial charge >= 0.3 is 11.9 Å². The molecule has 2 unspecified atom stereocenters. The molecule has 0 aliphatic heterocycles. The molecule has 0 aliphatic carbocycles. The molecular formula is C8H16N2O4. The van der Waals surface area contributed by atoms with E-state index in [0.29, 0.717) is 0 Å². The number of methoxy groups -OCH3 is 2. The molecule has 0 aromatic heterocycles. The number of likely N-dealkylation sites (N-methyl/N-ethyl adjacent to an activating group) is 1. The molecule has 2 atom stereocenters. The molecule has 0 rings (SSSR count). The van der Waals surface area contributed by atoms with Gasteiger partial charge in [0.05, 0.1) is 14.2 Å². The normalized spacial score (nSPS) is 15.2. The zero-order valence-corrected chi connectivity index (χ0v) is 8.49. The average Bonchev–Trinajstić information content (AvgIpc) is 2.28. The molecule has 6 nitrogen and oxygen atoms in total. The minimum absolute atomic E-state index is 0.0966. The number of rotatable bonds is 6. The van der Waals surface area contributed by atoms with Gasteiger partial charge in [-0.2, -0.15) is 0 Å². The molecule has 0 saturated heterocycles. The molecule has 0 radical (unpaired) electrons. The first-order valence-corrected chi connectivity index (χ1v) is 4.10. The number of hydrogen-bond acceptors (Lipinski definition) is 6. The quantitative estimate of drug-likeness (QED) is 0.520. The van der Waals surface area contributed by atoms with Crippen LogP contribution < -0.4 is 11.0 Å². The molecule has 14 heavy (non-hydrogen) atoms. The summed E-state index contributed by atoms with van der Waals surface area (Å²) in [5, 5.41) is 2.69. The van der Waals surface area contributed by atoms with E-state index in [2.05, 4.69) is 14.8 Å². The number of carbonyl (C=O) groups is 2. The fourth-order valence-corrected chi connectivity index (χ4v) is 0.948. The second kappa shape index (κ2) is 6.33. The van der Waals surface area contributed by atoms with E-state index in [4.69, 9.17) is 1.41 Å². The van der Waals surface area contributed by atoms with Gasteiger partial charge in [-0.3, -0.25) is 9.59 Å². The number of ether oxygens (including phenoxy) is 2. The van der Waals surface area contributed by atoms with Gasteiger partial charge in [0.25, 0.3) is 0 Å². The van der Waals surface area contributed by atoms with Crippen molar-refractivity contribution >= 4 is 11.9 Å². The Hall–Kier alpha value is -1.14. The first-order valence-electron chi connectivity index (χ1n) is 4.60. The third kappa shape index (κ3) is 3.71. The Balaban J connectivity index is 4.36. The van der Waals surface area contributed by atoms with Crippen LogP contribution >= 0.6 is 0 Å². The fraction of sp³-hybridized carbons (Fsp3) is 0.750. The Morgan fingerprint density at radius 3 is 2.36 bits per heavy atom. The van der Waals surface area contributed by atoms with E-state index >= 15 is 0 Å². The standard InChI is InChI=1S/C8H16N2O4/c1-10-6(8(12)14-3)4-5(9)7(11)13-2/h5-6,10H,4,9H2,1-3H3/i/hD. The number of esters is 2. The molecule has 0 fully saturated rings. The maximum absolute atomic E-state index is 11.2. The van der Waals surface area contributed by atoms with Crippen molar-refractivity contribution in [2.24, 2.45) is 5.73 Å². The van der Waals surface area contributed by atoms with E-state index in [1.807, 2.05) is 5.73 Å². The Kier molecular flexibility index (Phi) is 4.95. The lowest BCUT2D eigenvalue weighted by Gasteiger charge is -2.16. The highest BCUT2D eigenvalue weighted by atomic mass is 16.5. The summed E-state index contributed by atoms with van der Waals surface area (Å²) in [5.41, 5.74) is 2.02. The van der Waals surface area contributed by atoms with E-state index < -0.39 is 24.0 Å². The van der Waals surface area contributed by atoms with E-state index in [-0.39, 0.29) is 6.42 Å². The van der Waals surface area contributed by atoms with Gasteiger partial charge in [-0.15, -0.1) is 0 Å². The van der Waals surface area contributed by atoms with Crippen molar-refractivity contribution in [3.05, 3.63) is 0 Å². The summed E-state index contributed by atoms with van der Waals surface area (Å²) in [4.78, 5) is 22.3. The number of nitrogens with two attached hydrogens (primary N) is 1. The van der Waals surface area contributed by atoms with Crippen LogP contribution in [0, 0.1) is 0 Å². The summed E-state index contributed by atoms with van der Waals surface area (Å²) in [6.45, 7) is 0. The van der Waals surface area contributed by atoms with Gasteiger partial charge in [-0.05, 0) is 13.5 Å². The molecular weight excluding hydrogens is 188 g/mol. The lowest BCUT2D eigenvalue weighted by atomic mass is 10.1. The van der Waals surface area contributed by atoms with Gasteiger partial charge < -0.3 is 20.5 Å². The second-order valence-electron chi connectivity index (χ2n) is 2.68. The van der Waals surface area contributed by atoms with Crippen LogP contribution in [0.15, 0.2) is 0 Å². The van der Waals surface area contributed by atoms with E-state index in [0.717, 1.165) is 0 Å². The molecule has 0 aliphatic rings. The van der Waals surface area contributed by atoms with Gasteiger partial charge in [0.2, 0.25) is 0 Å². The summed E-state index contributed by atoms with van der Waals surface area (Å²) < 4.78 is 15.9. The molecule has 6 heteroatoms.